The molecular weight excluding hydrogens is 277 g/mol. The highest BCUT2D eigenvalue weighted by Crippen LogP contribution is 2.16. The number of pyridine rings is 1. The van der Waals surface area contributed by atoms with Gasteiger partial charge in [0.15, 0.2) is 0 Å². The number of rotatable bonds is 4. The number of hydrogen-bond acceptors (Lipinski definition) is 3. The van der Waals surface area contributed by atoms with Crippen molar-refractivity contribution in [1.82, 2.24) is 15.2 Å². The van der Waals surface area contributed by atoms with Crippen LogP contribution in [0.25, 0.3) is 0 Å². The summed E-state index contributed by atoms with van der Waals surface area (Å²) in [7, 11) is 1.65. The van der Waals surface area contributed by atoms with E-state index in [2.05, 4.69) is 10.3 Å². The minimum Gasteiger partial charge on any atom is -0.345 e. The number of nitrogens with zero attached hydrogens (tertiary/aromatic N) is 2. The molecule has 1 N–H and O–H groups in total. The Kier molecular flexibility index (Phi) is 5.37. The maximum absolute atomic E-state index is 11.7. The molecule has 1 aromatic rings. The van der Waals surface area contributed by atoms with Crippen molar-refractivity contribution in [3.8, 4) is 0 Å². The third-order valence-corrected chi connectivity index (χ3v) is 2.84. The van der Waals surface area contributed by atoms with E-state index >= 15 is 0 Å². The van der Waals surface area contributed by atoms with Crippen molar-refractivity contribution in [1.29, 1.82) is 0 Å². The molecule has 18 heavy (non-hydrogen) atoms. The molecule has 0 atom stereocenters. The average molecular weight is 290 g/mol. The topological polar surface area (TPSA) is 62.3 Å². The molecule has 7 heteroatoms. The third-order valence-electron chi connectivity index (χ3n) is 2.33. The summed E-state index contributed by atoms with van der Waals surface area (Å²) in [5.74, 6) is -0.718. The monoisotopic (exact) mass is 289 g/mol. The van der Waals surface area contributed by atoms with Gasteiger partial charge in [0.2, 0.25) is 5.91 Å². The van der Waals surface area contributed by atoms with Crippen molar-refractivity contribution in [2.24, 2.45) is 0 Å². The van der Waals surface area contributed by atoms with E-state index in [-0.39, 0.29) is 28.3 Å². The highest BCUT2D eigenvalue weighted by atomic mass is 35.5. The number of carbonyl (C=O) groups is 2. The molecule has 1 heterocycles. The van der Waals surface area contributed by atoms with E-state index in [0.717, 1.165) is 0 Å². The number of nitrogens with one attached hydrogen (secondary N) is 1. The molecule has 0 bridgehead atoms. The predicted octanol–water partition coefficient (Wildman–Crippen LogP) is 1.60. The largest absolute Gasteiger partial charge is 0.345 e. The van der Waals surface area contributed by atoms with Gasteiger partial charge in [0.25, 0.3) is 5.91 Å². The third kappa shape index (κ3) is 3.85. The zero-order chi connectivity index (χ0) is 13.7. The first-order valence-corrected chi connectivity index (χ1v) is 6.05. The Morgan fingerprint density at radius 1 is 1.39 bits per heavy atom. The number of amides is 2. The number of carbonyl (C=O) groups excluding carboxylic acids is 2. The van der Waals surface area contributed by atoms with Crippen LogP contribution in [0.1, 0.15) is 17.4 Å². The Morgan fingerprint density at radius 3 is 2.67 bits per heavy atom. The fourth-order valence-electron chi connectivity index (χ4n) is 1.13. The molecule has 0 aromatic carbocycles. The smallest absolute Gasteiger partial charge is 0.271 e. The van der Waals surface area contributed by atoms with Crippen molar-refractivity contribution in [2.45, 2.75) is 6.92 Å². The van der Waals surface area contributed by atoms with E-state index in [1.165, 1.54) is 17.0 Å². The first-order valence-electron chi connectivity index (χ1n) is 5.30. The lowest BCUT2D eigenvalue weighted by molar-refractivity contribution is -0.128. The second-order valence-electron chi connectivity index (χ2n) is 3.55. The van der Waals surface area contributed by atoms with E-state index in [9.17, 15) is 9.59 Å². The van der Waals surface area contributed by atoms with Crippen LogP contribution in [0, 0.1) is 0 Å². The zero-order valence-corrected chi connectivity index (χ0v) is 11.5. The van der Waals surface area contributed by atoms with Gasteiger partial charge >= 0.3 is 0 Å². The Balaban J connectivity index is 2.66. The molecule has 1 aromatic heterocycles. The molecule has 2 amide bonds. The van der Waals surface area contributed by atoms with Gasteiger partial charge in [-0.05, 0) is 19.1 Å². The summed E-state index contributed by atoms with van der Waals surface area (Å²) in [6.07, 6.45) is 0. The fourth-order valence-corrected chi connectivity index (χ4v) is 1.47. The minimum atomic E-state index is -0.527. The fraction of sp³-hybridized carbons (Fsp3) is 0.364. The Bertz CT molecular complexity index is 466. The van der Waals surface area contributed by atoms with Crippen LogP contribution in [0.4, 0.5) is 0 Å². The standard InChI is InChI=1S/C11H13Cl2N3O2/c1-3-16(2)9(17)6-14-11(18)10-7(12)4-5-8(13)15-10/h4-5H,3,6H2,1-2H3,(H,14,18). The average Bonchev–Trinajstić information content (AvgIpc) is 2.37. The molecule has 5 nitrogen and oxygen atoms in total. The summed E-state index contributed by atoms with van der Waals surface area (Å²) in [5, 5.41) is 2.80. The van der Waals surface area contributed by atoms with Gasteiger partial charge in [-0.15, -0.1) is 0 Å². The Hall–Kier alpha value is -1.33. The Morgan fingerprint density at radius 2 is 2.06 bits per heavy atom. The van der Waals surface area contributed by atoms with Gasteiger partial charge < -0.3 is 10.2 Å². The molecule has 0 aliphatic rings. The normalized spacial score (nSPS) is 10.0. The summed E-state index contributed by atoms with van der Waals surface area (Å²) in [4.78, 5) is 28.5. The van der Waals surface area contributed by atoms with Crippen LogP contribution in [-0.4, -0.2) is 41.8 Å². The van der Waals surface area contributed by atoms with Crippen LogP contribution in [0.5, 0.6) is 0 Å². The van der Waals surface area contributed by atoms with Gasteiger partial charge in [-0.1, -0.05) is 23.2 Å². The van der Waals surface area contributed by atoms with Gasteiger partial charge in [0, 0.05) is 13.6 Å². The van der Waals surface area contributed by atoms with Crippen LogP contribution in [0.15, 0.2) is 12.1 Å². The second kappa shape index (κ2) is 6.56. The first-order chi connectivity index (χ1) is 8.45. The molecule has 0 unspecified atom stereocenters. The van der Waals surface area contributed by atoms with E-state index in [1.54, 1.807) is 7.05 Å². The highest BCUT2D eigenvalue weighted by Gasteiger charge is 2.14. The summed E-state index contributed by atoms with van der Waals surface area (Å²) < 4.78 is 0. The SMILES string of the molecule is CCN(C)C(=O)CNC(=O)c1nc(Cl)ccc1Cl. The van der Waals surface area contributed by atoms with Crippen LogP contribution in [0.2, 0.25) is 10.2 Å². The van der Waals surface area contributed by atoms with Crippen molar-refractivity contribution < 1.29 is 9.59 Å². The van der Waals surface area contributed by atoms with Crippen LogP contribution < -0.4 is 5.32 Å². The maximum Gasteiger partial charge on any atom is 0.271 e. The van der Waals surface area contributed by atoms with E-state index in [1.807, 2.05) is 6.92 Å². The predicted molar refractivity (Wildman–Crippen MR) is 69.9 cm³/mol. The Labute approximate surface area is 115 Å². The molecule has 0 spiro atoms. The lowest BCUT2D eigenvalue weighted by Gasteiger charge is -2.14. The van der Waals surface area contributed by atoms with Gasteiger partial charge in [0.05, 0.1) is 11.6 Å². The zero-order valence-electron chi connectivity index (χ0n) is 10.0. The molecule has 98 valence electrons. The van der Waals surface area contributed by atoms with Crippen molar-refractivity contribution in [3.63, 3.8) is 0 Å². The number of likely N-dealkylation sites (N-methyl/N-ethyl adjacent to an activating group) is 1. The van der Waals surface area contributed by atoms with Crippen molar-refractivity contribution in [3.05, 3.63) is 28.0 Å². The molecule has 0 saturated carbocycles. The molecule has 0 saturated heterocycles. The lowest BCUT2D eigenvalue weighted by Crippen LogP contribution is -2.38. The lowest BCUT2D eigenvalue weighted by atomic mass is 10.3. The summed E-state index contributed by atoms with van der Waals surface area (Å²) in [6.45, 7) is 2.31. The van der Waals surface area contributed by atoms with Gasteiger partial charge in [-0.2, -0.15) is 0 Å². The number of aromatic nitrogens is 1. The van der Waals surface area contributed by atoms with Crippen LogP contribution >= 0.6 is 23.2 Å². The van der Waals surface area contributed by atoms with E-state index < -0.39 is 5.91 Å². The van der Waals surface area contributed by atoms with Crippen molar-refractivity contribution in [2.75, 3.05) is 20.1 Å². The van der Waals surface area contributed by atoms with E-state index in [4.69, 9.17) is 23.2 Å². The van der Waals surface area contributed by atoms with Gasteiger partial charge in [-0.25, -0.2) is 4.98 Å². The van der Waals surface area contributed by atoms with Crippen LogP contribution in [0.3, 0.4) is 0 Å². The van der Waals surface area contributed by atoms with Gasteiger partial charge in [-0.3, -0.25) is 9.59 Å². The maximum atomic E-state index is 11.7. The summed E-state index contributed by atoms with van der Waals surface area (Å²) in [5.41, 5.74) is 0.0103. The number of halogens is 2. The van der Waals surface area contributed by atoms with E-state index in [0.29, 0.717) is 6.54 Å². The van der Waals surface area contributed by atoms with Gasteiger partial charge in [0.1, 0.15) is 10.8 Å². The summed E-state index contributed by atoms with van der Waals surface area (Å²) >= 11 is 11.5. The second-order valence-corrected chi connectivity index (χ2v) is 4.35. The van der Waals surface area contributed by atoms with Crippen LogP contribution in [-0.2, 0) is 4.79 Å². The highest BCUT2D eigenvalue weighted by molar-refractivity contribution is 6.34. The summed E-state index contributed by atoms with van der Waals surface area (Å²) in [6, 6.07) is 2.96. The molecule has 0 fully saturated rings. The molecule has 0 radical (unpaired) electrons. The quantitative estimate of drug-likeness (QED) is 0.857. The first kappa shape index (κ1) is 14.7. The molecule has 0 aliphatic carbocycles. The number of hydrogen-bond donors (Lipinski definition) is 1. The molecular formula is C11H13Cl2N3O2. The molecule has 0 aliphatic heterocycles. The minimum absolute atomic E-state index is 0.0103. The van der Waals surface area contributed by atoms with Crippen molar-refractivity contribution >= 4 is 35.0 Å². The molecule has 1 rings (SSSR count).